The number of esters is 1. The van der Waals surface area contributed by atoms with Crippen molar-refractivity contribution in [3.8, 4) is 17.6 Å². The number of rotatable bonds is 9. The number of alkyl halides is 3. The van der Waals surface area contributed by atoms with Crippen molar-refractivity contribution in [3.63, 3.8) is 0 Å². The van der Waals surface area contributed by atoms with Crippen LogP contribution in [0.3, 0.4) is 0 Å². The van der Waals surface area contributed by atoms with E-state index in [1.54, 1.807) is 36.4 Å². The van der Waals surface area contributed by atoms with Crippen molar-refractivity contribution >= 4 is 23.3 Å². The van der Waals surface area contributed by atoms with Crippen LogP contribution in [0.4, 0.5) is 18.9 Å². The SMILES string of the molecule is CC(C)[C@@H](COC(=O)[C@@H](C#N)c1ccc(Oc2ccccc2)cc1)Nc1ccc(C(F)(F)F)cc1Cl. The average Bonchev–Trinajstić information content (AvgIpc) is 2.84. The molecule has 0 fully saturated rings. The maximum atomic E-state index is 12.9. The van der Waals surface area contributed by atoms with Crippen molar-refractivity contribution in [2.24, 2.45) is 5.92 Å². The van der Waals surface area contributed by atoms with Gasteiger partial charge in [-0.15, -0.1) is 0 Å². The van der Waals surface area contributed by atoms with Crippen molar-refractivity contribution in [2.45, 2.75) is 32.0 Å². The molecule has 3 rings (SSSR count). The van der Waals surface area contributed by atoms with Gasteiger partial charge in [-0.05, 0) is 53.9 Å². The number of para-hydroxylation sites is 1. The Bertz CT molecular complexity index is 1210. The van der Waals surface area contributed by atoms with Crippen molar-refractivity contribution in [2.75, 3.05) is 11.9 Å². The normalized spacial score (nSPS) is 12.9. The van der Waals surface area contributed by atoms with E-state index in [-0.39, 0.29) is 23.2 Å². The predicted octanol–water partition coefficient (Wildman–Crippen LogP) is 7.44. The molecule has 3 aromatic carbocycles. The summed E-state index contributed by atoms with van der Waals surface area (Å²) in [7, 11) is 0. The summed E-state index contributed by atoms with van der Waals surface area (Å²) < 4.78 is 49.8. The van der Waals surface area contributed by atoms with E-state index in [1.165, 1.54) is 6.07 Å². The highest BCUT2D eigenvalue weighted by molar-refractivity contribution is 6.33. The number of hydrogen-bond acceptors (Lipinski definition) is 5. The van der Waals surface area contributed by atoms with E-state index in [9.17, 15) is 23.2 Å². The molecule has 0 aromatic heterocycles. The van der Waals surface area contributed by atoms with Crippen molar-refractivity contribution in [1.82, 2.24) is 0 Å². The Hall–Kier alpha value is -3.70. The van der Waals surface area contributed by atoms with Gasteiger partial charge in [0.15, 0.2) is 5.92 Å². The lowest BCUT2D eigenvalue weighted by atomic mass is 10.0. The first kappa shape index (κ1) is 26.9. The lowest BCUT2D eigenvalue weighted by Crippen LogP contribution is -2.33. The van der Waals surface area contributed by atoms with Crippen molar-refractivity contribution in [3.05, 3.63) is 88.9 Å². The van der Waals surface area contributed by atoms with Gasteiger partial charge in [-0.2, -0.15) is 18.4 Å². The molecule has 0 radical (unpaired) electrons. The first-order valence-electron chi connectivity index (χ1n) is 11.1. The van der Waals surface area contributed by atoms with Gasteiger partial charge in [0.05, 0.1) is 28.4 Å². The maximum absolute atomic E-state index is 12.9. The molecule has 0 aliphatic rings. The molecule has 0 heterocycles. The van der Waals surface area contributed by atoms with Gasteiger partial charge in [0.1, 0.15) is 18.1 Å². The molecule has 0 aliphatic carbocycles. The van der Waals surface area contributed by atoms with Crippen LogP contribution in [0.15, 0.2) is 72.8 Å². The van der Waals surface area contributed by atoms with E-state index in [0.29, 0.717) is 17.1 Å². The lowest BCUT2D eigenvalue weighted by molar-refractivity contribution is -0.144. The fourth-order valence-corrected chi connectivity index (χ4v) is 3.52. The smallest absolute Gasteiger partial charge is 0.416 e. The van der Waals surface area contributed by atoms with Gasteiger partial charge in [-0.3, -0.25) is 4.79 Å². The fraction of sp³-hybridized carbons (Fsp3) is 0.259. The Kier molecular flexibility index (Phi) is 8.83. The molecule has 9 heteroatoms. The van der Waals surface area contributed by atoms with Crippen LogP contribution in [0.2, 0.25) is 5.02 Å². The molecule has 5 nitrogen and oxygen atoms in total. The Morgan fingerprint density at radius 3 is 2.22 bits per heavy atom. The standard InChI is InChI=1S/C27H24ClF3N2O3/c1-17(2)25(33-24-13-10-19(14-23(24)28)27(29,30)31)16-35-26(34)22(15-32)18-8-11-21(12-9-18)36-20-6-4-3-5-7-20/h3-14,17,22,25,33H,16H2,1-2H3/t22-,25+/m0/s1. The number of ether oxygens (including phenoxy) is 2. The molecule has 2 atom stereocenters. The second-order valence-electron chi connectivity index (χ2n) is 8.36. The van der Waals surface area contributed by atoms with Crippen LogP contribution in [0.5, 0.6) is 11.5 Å². The van der Waals surface area contributed by atoms with E-state index < -0.39 is 29.7 Å². The molecule has 1 N–H and O–H groups in total. The molecule has 0 aliphatic heterocycles. The topological polar surface area (TPSA) is 71.4 Å². The summed E-state index contributed by atoms with van der Waals surface area (Å²) in [6.07, 6.45) is -4.51. The molecule has 36 heavy (non-hydrogen) atoms. The minimum absolute atomic E-state index is 0.0638. The van der Waals surface area contributed by atoms with Gasteiger partial charge >= 0.3 is 12.1 Å². The Labute approximate surface area is 212 Å². The van der Waals surface area contributed by atoms with Gasteiger partial charge in [-0.1, -0.05) is 55.8 Å². The number of nitrogens with zero attached hydrogens (tertiary/aromatic N) is 1. The van der Waals surface area contributed by atoms with Crippen LogP contribution in [-0.4, -0.2) is 18.6 Å². The third kappa shape index (κ3) is 7.15. The number of halogens is 4. The molecule has 0 spiro atoms. The second kappa shape index (κ2) is 11.8. The lowest BCUT2D eigenvalue weighted by Gasteiger charge is -2.24. The van der Waals surface area contributed by atoms with Crippen LogP contribution < -0.4 is 10.1 Å². The molecule has 0 unspecified atom stereocenters. The van der Waals surface area contributed by atoms with Crippen LogP contribution in [0, 0.1) is 17.2 Å². The van der Waals surface area contributed by atoms with E-state index >= 15 is 0 Å². The zero-order valence-corrected chi connectivity index (χ0v) is 20.3. The highest BCUT2D eigenvalue weighted by Crippen LogP contribution is 2.34. The highest BCUT2D eigenvalue weighted by Gasteiger charge is 2.31. The zero-order chi connectivity index (χ0) is 26.3. The molecule has 0 saturated carbocycles. The van der Waals surface area contributed by atoms with Crippen LogP contribution in [0.1, 0.15) is 30.9 Å². The Morgan fingerprint density at radius 2 is 1.67 bits per heavy atom. The highest BCUT2D eigenvalue weighted by atomic mass is 35.5. The maximum Gasteiger partial charge on any atom is 0.416 e. The molecule has 0 amide bonds. The van der Waals surface area contributed by atoms with Gasteiger partial charge in [0.25, 0.3) is 0 Å². The summed E-state index contributed by atoms with van der Waals surface area (Å²) in [5, 5.41) is 12.5. The first-order valence-corrected chi connectivity index (χ1v) is 11.5. The summed E-state index contributed by atoms with van der Waals surface area (Å²) >= 11 is 6.04. The molecular weight excluding hydrogens is 493 g/mol. The monoisotopic (exact) mass is 516 g/mol. The number of carbonyl (C=O) groups excluding carboxylic acids is 1. The van der Waals surface area contributed by atoms with Gasteiger partial charge in [0, 0.05) is 0 Å². The number of carbonyl (C=O) groups is 1. The number of nitrogens with one attached hydrogen (secondary N) is 1. The third-order valence-corrected chi connectivity index (χ3v) is 5.72. The zero-order valence-electron chi connectivity index (χ0n) is 19.6. The molecule has 188 valence electrons. The van der Waals surface area contributed by atoms with E-state index in [4.69, 9.17) is 21.1 Å². The van der Waals surface area contributed by atoms with Gasteiger partial charge < -0.3 is 14.8 Å². The quantitative estimate of drug-likeness (QED) is 0.299. The minimum Gasteiger partial charge on any atom is -0.462 e. The van der Waals surface area contributed by atoms with Crippen LogP contribution in [-0.2, 0) is 15.7 Å². The van der Waals surface area contributed by atoms with Crippen LogP contribution >= 0.6 is 11.6 Å². The third-order valence-electron chi connectivity index (χ3n) is 5.40. The predicted molar refractivity (Wildman–Crippen MR) is 131 cm³/mol. The fourth-order valence-electron chi connectivity index (χ4n) is 3.28. The van der Waals surface area contributed by atoms with E-state index in [0.717, 1.165) is 12.1 Å². The van der Waals surface area contributed by atoms with Gasteiger partial charge in [-0.25, -0.2) is 0 Å². The molecule has 0 saturated heterocycles. The number of hydrogen-bond donors (Lipinski definition) is 1. The molecule has 3 aromatic rings. The summed E-state index contributed by atoms with van der Waals surface area (Å²) in [5.41, 5.74) is -0.129. The summed E-state index contributed by atoms with van der Waals surface area (Å²) in [5.74, 6) is -0.751. The number of anilines is 1. The Balaban J connectivity index is 1.63. The van der Waals surface area contributed by atoms with E-state index in [2.05, 4.69) is 5.32 Å². The van der Waals surface area contributed by atoms with Crippen molar-refractivity contribution in [1.29, 1.82) is 5.26 Å². The average molecular weight is 517 g/mol. The summed E-state index contributed by atoms with van der Waals surface area (Å²) in [6, 6.07) is 20.2. The van der Waals surface area contributed by atoms with E-state index in [1.807, 2.05) is 38.1 Å². The Morgan fingerprint density at radius 1 is 1.03 bits per heavy atom. The second-order valence-corrected chi connectivity index (χ2v) is 8.77. The minimum atomic E-state index is -4.51. The van der Waals surface area contributed by atoms with Crippen molar-refractivity contribution < 1.29 is 27.4 Å². The molecule has 0 bridgehead atoms. The number of nitriles is 1. The largest absolute Gasteiger partial charge is 0.462 e. The first-order chi connectivity index (χ1) is 17.1. The summed E-state index contributed by atoms with van der Waals surface area (Å²) in [4.78, 5) is 12.7. The van der Waals surface area contributed by atoms with Gasteiger partial charge in [0.2, 0.25) is 0 Å². The number of benzene rings is 3. The summed E-state index contributed by atoms with van der Waals surface area (Å²) in [6.45, 7) is 3.61. The van der Waals surface area contributed by atoms with Crippen LogP contribution in [0.25, 0.3) is 0 Å². The molecular formula is C27H24ClF3N2O3.